The highest BCUT2D eigenvalue weighted by atomic mass is 16.1. The Bertz CT molecular complexity index is 3100. The average molecular weight is 857 g/mol. The van der Waals surface area contributed by atoms with E-state index in [1.165, 1.54) is 15.8 Å². The van der Waals surface area contributed by atoms with Crippen LogP contribution in [0.3, 0.4) is 0 Å². The van der Waals surface area contributed by atoms with E-state index in [2.05, 4.69) is 75.6 Å². The molecule has 2 aliphatic heterocycles. The summed E-state index contributed by atoms with van der Waals surface area (Å²) in [6.45, 7) is 11.6. The van der Waals surface area contributed by atoms with Gasteiger partial charge in [-0.3, -0.25) is 9.69 Å². The number of anilines is 2. The molecule has 14 nitrogen and oxygen atoms in total. The van der Waals surface area contributed by atoms with Crippen LogP contribution in [-0.4, -0.2) is 95.9 Å². The minimum Gasteiger partial charge on any atom is -0.384 e. The fourth-order valence-corrected chi connectivity index (χ4v) is 9.80. The van der Waals surface area contributed by atoms with Crippen molar-refractivity contribution in [3.8, 4) is 6.07 Å². The molecule has 0 bridgehead atoms. The van der Waals surface area contributed by atoms with Crippen molar-refractivity contribution in [1.82, 2.24) is 25.1 Å². The molecule has 3 aromatic carbocycles. The van der Waals surface area contributed by atoms with Crippen LogP contribution in [0.5, 0.6) is 0 Å². The van der Waals surface area contributed by atoms with Gasteiger partial charge in [0, 0.05) is 102 Å². The van der Waals surface area contributed by atoms with E-state index in [9.17, 15) is 34.0 Å². The molecule has 0 radical (unpaired) electrons. The standard InChI is InChI=1S/C50H48N8O6/c1-4-32-23-36-37(27-60)47-34-13-11-31(25-51)22-40(34)55-49(47)50(2,3)38(36)24-43(32)57-20-18-56(19-21-57)17-6-10-46(64)53-16-7-15-52-39-9-5-8-35-44(29-62)58(45(30-63)48(35)39)42-14-12-33(26-59)54-41(42)28-61/h5,8-9,11,13,22-24,42,52,54-55H,4,6-7,10,12,14-21H2,1-3H3,(H,53,64). The average Bonchev–Trinajstić information content (AvgIpc) is 3.87. The summed E-state index contributed by atoms with van der Waals surface area (Å²) >= 11 is 0. The third kappa shape index (κ3) is 7.70. The number of piperidine rings is 1. The number of carbonyl (C=O) groups is 1. The summed E-state index contributed by atoms with van der Waals surface area (Å²) in [5.74, 6) is 9.71. The molecule has 2 saturated heterocycles. The number of nitrogens with zero attached hydrogens (tertiary/aromatic N) is 4. The number of nitriles is 1. The second-order valence-electron chi connectivity index (χ2n) is 17.1. The highest BCUT2D eigenvalue weighted by Crippen LogP contribution is 2.49. The Morgan fingerprint density at radius 1 is 0.891 bits per heavy atom. The molecule has 64 heavy (non-hydrogen) atoms. The molecule has 8 rings (SSSR count). The lowest BCUT2D eigenvalue weighted by Crippen LogP contribution is -2.47. The van der Waals surface area contributed by atoms with E-state index in [1.807, 2.05) is 24.0 Å². The number of rotatable bonds is 12. The number of allylic oxidation sites excluding steroid dienone is 2. The minimum absolute atomic E-state index is 0.0150. The van der Waals surface area contributed by atoms with Gasteiger partial charge in [0.2, 0.25) is 5.91 Å². The number of hydrogen-bond acceptors (Lipinski definition) is 11. The lowest BCUT2D eigenvalue weighted by molar-refractivity contribution is -0.121. The summed E-state index contributed by atoms with van der Waals surface area (Å²) in [6, 6.07) is 16.7. The van der Waals surface area contributed by atoms with E-state index >= 15 is 0 Å². The van der Waals surface area contributed by atoms with Crippen LogP contribution < -0.4 is 31.5 Å². The predicted molar refractivity (Wildman–Crippen MR) is 244 cm³/mol. The predicted octanol–water partition coefficient (Wildman–Crippen LogP) is 3.34. The first-order valence-electron chi connectivity index (χ1n) is 21.8. The number of aromatic amines is 1. The molecule has 4 N–H and O–H groups in total. The van der Waals surface area contributed by atoms with Gasteiger partial charge in [0.15, 0.2) is 11.9 Å². The number of hydrogen-bond donors (Lipinski definition) is 4. The van der Waals surface area contributed by atoms with Gasteiger partial charge in [-0.05, 0) is 79.3 Å². The van der Waals surface area contributed by atoms with Crippen molar-refractivity contribution >= 4 is 74.2 Å². The summed E-state index contributed by atoms with van der Waals surface area (Å²) in [5, 5.41) is 20.6. The van der Waals surface area contributed by atoms with E-state index in [-0.39, 0.29) is 40.8 Å². The molecule has 2 fully saturated rings. The minimum atomic E-state index is -0.749. The third-order valence-electron chi connectivity index (χ3n) is 13.1. The van der Waals surface area contributed by atoms with Gasteiger partial charge < -0.3 is 30.4 Å². The van der Waals surface area contributed by atoms with Crippen LogP contribution in [0.1, 0.15) is 92.4 Å². The number of carbonyl (C=O) groups excluding carboxylic acids is 6. The molecule has 3 aliphatic rings. The Morgan fingerprint density at radius 2 is 1.69 bits per heavy atom. The zero-order valence-corrected chi connectivity index (χ0v) is 36.1. The van der Waals surface area contributed by atoms with Crippen LogP contribution in [0, 0.1) is 11.3 Å². The van der Waals surface area contributed by atoms with Crippen molar-refractivity contribution in [2.24, 2.45) is 0 Å². The largest absolute Gasteiger partial charge is 0.384 e. The van der Waals surface area contributed by atoms with Gasteiger partial charge in [-0.1, -0.05) is 39.0 Å². The summed E-state index contributed by atoms with van der Waals surface area (Å²) in [6.07, 6.45) is 3.07. The lowest BCUT2D eigenvalue weighted by atomic mass is 9.69. The van der Waals surface area contributed by atoms with Crippen LogP contribution >= 0.6 is 0 Å². The van der Waals surface area contributed by atoms with Crippen molar-refractivity contribution < 1.29 is 28.8 Å². The van der Waals surface area contributed by atoms with Crippen molar-refractivity contribution in [3.05, 3.63) is 104 Å². The topological polar surface area (TPSA) is 189 Å². The van der Waals surface area contributed by atoms with Crippen molar-refractivity contribution in [1.29, 1.82) is 5.26 Å². The van der Waals surface area contributed by atoms with Gasteiger partial charge in [-0.2, -0.15) is 5.26 Å². The molecule has 1 amide bonds. The van der Waals surface area contributed by atoms with Crippen molar-refractivity contribution in [2.45, 2.75) is 70.8 Å². The highest BCUT2D eigenvalue weighted by Gasteiger charge is 2.39. The SMILES string of the molecule is CCc1cc2c(cc1N1CCN(CCCC(=O)NCCCNc3cccc4c(=C=O)n(C5CCC(=C=O)NC5=C=O)c(=C=O)c34)CC1)C(C)(C)c1[nH]c3cc(C#N)ccc3c1C2=C=O. The van der Waals surface area contributed by atoms with Gasteiger partial charge in [0.25, 0.3) is 0 Å². The molecule has 0 spiro atoms. The zero-order valence-electron chi connectivity index (χ0n) is 36.1. The summed E-state index contributed by atoms with van der Waals surface area (Å²) < 4.78 is 1.43. The highest BCUT2D eigenvalue weighted by molar-refractivity contribution is 6.10. The Kier molecular flexibility index (Phi) is 12.2. The fraction of sp³-hybridized carbons (Fsp3) is 0.360. The first kappa shape index (κ1) is 43.2. The van der Waals surface area contributed by atoms with E-state index < -0.39 is 11.5 Å². The molecule has 4 heterocycles. The number of aryl methyl sites for hydroxylation is 1. The summed E-state index contributed by atoms with van der Waals surface area (Å²) in [4.78, 5) is 81.5. The van der Waals surface area contributed by atoms with Gasteiger partial charge in [0.05, 0.1) is 23.2 Å². The summed E-state index contributed by atoms with van der Waals surface area (Å²) in [7, 11) is 0. The molecule has 0 saturated carbocycles. The second-order valence-corrected chi connectivity index (χ2v) is 17.1. The van der Waals surface area contributed by atoms with Gasteiger partial charge in [-0.15, -0.1) is 0 Å². The normalized spacial score (nSPS) is 16.7. The van der Waals surface area contributed by atoms with E-state index in [0.717, 1.165) is 78.9 Å². The van der Waals surface area contributed by atoms with Gasteiger partial charge >= 0.3 is 0 Å². The molecule has 2 aromatic heterocycles. The van der Waals surface area contributed by atoms with Crippen LogP contribution in [0.25, 0.3) is 27.2 Å². The molecule has 14 heteroatoms. The Morgan fingerprint density at radius 3 is 2.39 bits per heavy atom. The number of amides is 1. The van der Waals surface area contributed by atoms with E-state index in [1.54, 1.807) is 36.1 Å². The van der Waals surface area contributed by atoms with Gasteiger partial charge in [0.1, 0.15) is 39.9 Å². The molecular formula is C50H48N8O6. The Balaban J connectivity index is 0.836. The maximum atomic E-state index is 12.8. The molecule has 1 atom stereocenters. The van der Waals surface area contributed by atoms with Gasteiger partial charge in [-0.25, -0.2) is 24.0 Å². The maximum absolute atomic E-state index is 12.8. The summed E-state index contributed by atoms with van der Waals surface area (Å²) in [5.41, 5.74) is 8.46. The smallest absolute Gasteiger partial charge is 0.220 e. The van der Waals surface area contributed by atoms with E-state index in [4.69, 9.17) is 0 Å². The number of fused-ring (bicyclic) bond motifs is 5. The fourth-order valence-electron chi connectivity index (χ4n) is 9.80. The number of piperazine rings is 1. The van der Waals surface area contributed by atoms with Crippen LogP contribution in [-0.2, 0) is 40.6 Å². The maximum Gasteiger partial charge on any atom is 0.220 e. The zero-order chi connectivity index (χ0) is 45.1. The third-order valence-corrected chi connectivity index (χ3v) is 13.1. The van der Waals surface area contributed by atoms with Crippen molar-refractivity contribution in [3.63, 3.8) is 0 Å². The molecule has 1 aliphatic carbocycles. The first-order chi connectivity index (χ1) is 31.1. The van der Waals surface area contributed by atoms with E-state index in [0.29, 0.717) is 53.5 Å². The quantitative estimate of drug-likeness (QED) is 0.106. The molecule has 1 unspecified atom stereocenters. The number of benzene rings is 3. The number of nitrogens with one attached hydrogen (secondary N) is 4. The molecule has 5 aromatic rings. The van der Waals surface area contributed by atoms with Crippen LogP contribution in [0.4, 0.5) is 11.4 Å². The van der Waals surface area contributed by atoms with Crippen molar-refractivity contribution in [2.75, 3.05) is 56.0 Å². The number of aromatic nitrogens is 2. The first-order valence-corrected chi connectivity index (χ1v) is 21.8. The Hall–Kier alpha value is -7.43. The monoisotopic (exact) mass is 856 g/mol. The molecular weight excluding hydrogens is 809 g/mol. The molecule has 324 valence electrons. The second kappa shape index (κ2) is 18.1. The Labute approximate surface area is 369 Å². The lowest BCUT2D eigenvalue weighted by Gasteiger charge is -2.39. The van der Waals surface area contributed by atoms with Crippen LogP contribution in [0.2, 0.25) is 0 Å². The number of H-pyrrole nitrogens is 1. The van der Waals surface area contributed by atoms with Crippen LogP contribution in [0.15, 0.2) is 59.9 Å².